The van der Waals surface area contributed by atoms with Gasteiger partial charge in [0.15, 0.2) is 0 Å². The standard InChI is InChI=1S/C14H17N3O4/c15-12(18)6-11(14(20)21)17-13(19)10-5-8-3-1-2-4-9(8)7-16-10/h1-4,10-11,16H,5-7H2,(H2,15,18)(H,17,19)(H,20,21)/t10-,11+/m0/s1. The molecule has 0 fully saturated rings. The minimum absolute atomic E-state index is 0.426. The molecule has 2 rings (SSSR count). The summed E-state index contributed by atoms with van der Waals surface area (Å²) in [7, 11) is 0. The number of carboxylic acid groups (broad SMARTS) is 1. The monoisotopic (exact) mass is 291 g/mol. The van der Waals surface area contributed by atoms with Crippen molar-refractivity contribution in [2.45, 2.75) is 31.5 Å². The van der Waals surface area contributed by atoms with E-state index in [9.17, 15) is 14.4 Å². The first-order chi connectivity index (χ1) is 9.97. The maximum Gasteiger partial charge on any atom is 0.326 e. The van der Waals surface area contributed by atoms with E-state index in [0.717, 1.165) is 11.1 Å². The first-order valence-corrected chi connectivity index (χ1v) is 6.59. The van der Waals surface area contributed by atoms with E-state index in [1.807, 2.05) is 24.3 Å². The van der Waals surface area contributed by atoms with Gasteiger partial charge >= 0.3 is 5.97 Å². The number of nitrogens with two attached hydrogens (primary N) is 1. The van der Waals surface area contributed by atoms with E-state index in [2.05, 4.69) is 10.6 Å². The maximum absolute atomic E-state index is 12.1. The zero-order valence-electron chi connectivity index (χ0n) is 11.3. The van der Waals surface area contributed by atoms with Crippen molar-refractivity contribution in [2.75, 3.05) is 0 Å². The van der Waals surface area contributed by atoms with Crippen LogP contribution in [0.1, 0.15) is 17.5 Å². The number of hydrogen-bond acceptors (Lipinski definition) is 4. The summed E-state index contributed by atoms with van der Waals surface area (Å²) in [6, 6.07) is 5.92. The van der Waals surface area contributed by atoms with Crippen LogP contribution in [0, 0.1) is 0 Å². The third-order valence-electron chi connectivity index (χ3n) is 3.42. The predicted octanol–water partition coefficient (Wildman–Crippen LogP) is -0.854. The average molecular weight is 291 g/mol. The predicted molar refractivity (Wildman–Crippen MR) is 74.2 cm³/mol. The topological polar surface area (TPSA) is 122 Å². The van der Waals surface area contributed by atoms with Crippen LogP contribution >= 0.6 is 0 Å². The van der Waals surface area contributed by atoms with Gasteiger partial charge in [0.2, 0.25) is 11.8 Å². The van der Waals surface area contributed by atoms with E-state index in [4.69, 9.17) is 10.8 Å². The van der Waals surface area contributed by atoms with E-state index < -0.39 is 36.3 Å². The number of carbonyl (C=O) groups is 3. The van der Waals surface area contributed by atoms with Crippen LogP contribution < -0.4 is 16.4 Å². The van der Waals surface area contributed by atoms with Gasteiger partial charge in [0.05, 0.1) is 12.5 Å². The molecule has 1 heterocycles. The molecule has 0 saturated heterocycles. The molecular weight excluding hydrogens is 274 g/mol. The van der Waals surface area contributed by atoms with Gasteiger partial charge in [-0.05, 0) is 17.5 Å². The molecule has 112 valence electrons. The summed E-state index contributed by atoms with van der Waals surface area (Å²) in [4.78, 5) is 34.0. The van der Waals surface area contributed by atoms with E-state index in [1.165, 1.54) is 0 Å². The van der Waals surface area contributed by atoms with Gasteiger partial charge in [-0.15, -0.1) is 0 Å². The van der Waals surface area contributed by atoms with Crippen LogP contribution in [0.3, 0.4) is 0 Å². The second-order valence-electron chi connectivity index (χ2n) is 4.98. The van der Waals surface area contributed by atoms with Crippen molar-refractivity contribution in [1.29, 1.82) is 0 Å². The summed E-state index contributed by atoms with van der Waals surface area (Å²) in [5.41, 5.74) is 7.15. The number of benzene rings is 1. The van der Waals surface area contributed by atoms with Crippen molar-refractivity contribution in [3.05, 3.63) is 35.4 Å². The highest BCUT2D eigenvalue weighted by Gasteiger charge is 2.28. The Morgan fingerprint density at radius 3 is 2.62 bits per heavy atom. The molecule has 2 atom stereocenters. The third kappa shape index (κ3) is 3.79. The molecule has 7 nitrogen and oxygen atoms in total. The lowest BCUT2D eigenvalue weighted by atomic mass is 9.95. The molecule has 2 amide bonds. The minimum Gasteiger partial charge on any atom is -0.480 e. The van der Waals surface area contributed by atoms with E-state index >= 15 is 0 Å². The molecular formula is C14H17N3O4. The number of aliphatic carboxylic acids is 1. The van der Waals surface area contributed by atoms with Crippen LogP contribution in [-0.4, -0.2) is 35.0 Å². The molecule has 0 radical (unpaired) electrons. The van der Waals surface area contributed by atoms with Gasteiger partial charge in [-0.25, -0.2) is 4.79 Å². The minimum atomic E-state index is -1.30. The number of hydrogen-bond donors (Lipinski definition) is 4. The molecule has 0 bridgehead atoms. The van der Waals surface area contributed by atoms with Gasteiger partial charge in [0.1, 0.15) is 6.04 Å². The molecule has 0 spiro atoms. The van der Waals surface area contributed by atoms with Crippen molar-refractivity contribution < 1.29 is 19.5 Å². The molecule has 0 aromatic heterocycles. The zero-order chi connectivity index (χ0) is 15.4. The summed E-state index contributed by atoms with van der Waals surface area (Å²) >= 11 is 0. The number of primary amides is 1. The Kier molecular flexibility index (Phi) is 4.54. The number of nitrogens with one attached hydrogen (secondary N) is 2. The molecule has 0 unspecified atom stereocenters. The fourth-order valence-corrected chi connectivity index (χ4v) is 2.31. The van der Waals surface area contributed by atoms with Crippen molar-refractivity contribution >= 4 is 17.8 Å². The Hall–Kier alpha value is -2.41. The van der Waals surface area contributed by atoms with Crippen molar-refractivity contribution in [3.63, 3.8) is 0 Å². The summed E-state index contributed by atoms with van der Waals surface area (Å²) in [6.07, 6.45) is 0.0509. The fourth-order valence-electron chi connectivity index (χ4n) is 2.31. The van der Waals surface area contributed by atoms with Crippen LogP contribution in [0.4, 0.5) is 0 Å². The number of carboxylic acids is 1. The Bertz CT molecular complexity index is 573. The van der Waals surface area contributed by atoms with Crippen LogP contribution in [0.5, 0.6) is 0 Å². The van der Waals surface area contributed by atoms with Gasteiger partial charge in [0.25, 0.3) is 0 Å². The second-order valence-corrected chi connectivity index (χ2v) is 4.98. The van der Waals surface area contributed by atoms with Crippen LogP contribution in [0.2, 0.25) is 0 Å². The molecule has 1 aliphatic rings. The normalized spacial score (nSPS) is 18.4. The quantitative estimate of drug-likeness (QED) is 0.563. The smallest absolute Gasteiger partial charge is 0.326 e. The summed E-state index contributed by atoms with van der Waals surface area (Å²) in [5.74, 6) is -2.50. The number of rotatable bonds is 5. The second kappa shape index (κ2) is 6.36. The van der Waals surface area contributed by atoms with E-state index in [1.54, 1.807) is 0 Å². The Labute approximate surface area is 121 Å². The largest absolute Gasteiger partial charge is 0.480 e. The average Bonchev–Trinajstić information content (AvgIpc) is 2.45. The molecule has 0 saturated carbocycles. The first-order valence-electron chi connectivity index (χ1n) is 6.59. The molecule has 0 aliphatic carbocycles. The molecule has 5 N–H and O–H groups in total. The van der Waals surface area contributed by atoms with Gasteiger partial charge in [-0.1, -0.05) is 24.3 Å². The van der Waals surface area contributed by atoms with Gasteiger partial charge in [-0.2, -0.15) is 0 Å². The van der Waals surface area contributed by atoms with Gasteiger partial charge in [0, 0.05) is 6.54 Å². The highest BCUT2D eigenvalue weighted by molar-refractivity contribution is 5.90. The Morgan fingerprint density at radius 2 is 2.00 bits per heavy atom. The van der Waals surface area contributed by atoms with Crippen LogP contribution in [0.25, 0.3) is 0 Å². The van der Waals surface area contributed by atoms with Crippen molar-refractivity contribution in [1.82, 2.24) is 10.6 Å². The maximum atomic E-state index is 12.1. The summed E-state index contributed by atoms with van der Waals surface area (Å²) in [6.45, 7) is 0.543. The SMILES string of the molecule is NC(=O)C[C@@H](NC(=O)[C@@H]1Cc2ccccc2CN1)C(=O)O. The van der Waals surface area contributed by atoms with E-state index in [0.29, 0.717) is 13.0 Å². The van der Waals surface area contributed by atoms with Crippen LogP contribution in [0.15, 0.2) is 24.3 Å². The lowest BCUT2D eigenvalue weighted by Gasteiger charge is -2.26. The Morgan fingerprint density at radius 1 is 1.33 bits per heavy atom. The van der Waals surface area contributed by atoms with Crippen LogP contribution in [-0.2, 0) is 27.3 Å². The molecule has 21 heavy (non-hydrogen) atoms. The molecule has 1 aromatic rings. The fraction of sp³-hybridized carbons (Fsp3) is 0.357. The molecule has 1 aromatic carbocycles. The molecule has 1 aliphatic heterocycles. The van der Waals surface area contributed by atoms with Gasteiger partial charge in [-0.3, -0.25) is 9.59 Å². The first kappa shape index (κ1) is 15.0. The summed E-state index contributed by atoms with van der Waals surface area (Å²) < 4.78 is 0. The van der Waals surface area contributed by atoms with E-state index in [-0.39, 0.29) is 0 Å². The highest BCUT2D eigenvalue weighted by atomic mass is 16.4. The van der Waals surface area contributed by atoms with Crippen molar-refractivity contribution in [2.24, 2.45) is 5.73 Å². The van der Waals surface area contributed by atoms with Crippen molar-refractivity contribution in [3.8, 4) is 0 Å². The third-order valence-corrected chi connectivity index (χ3v) is 3.42. The lowest BCUT2D eigenvalue weighted by molar-refractivity contribution is -0.143. The Balaban J connectivity index is 2.01. The number of fused-ring (bicyclic) bond motifs is 1. The number of amides is 2. The van der Waals surface area contributed by atoms with Gasteiger partial charge < -0.3 is 21.5 Å². The summed E-state index contributed by atoms with van der Waals surface area (Å²) in [5, 5.41) is 14.4. The molecule has 7 heteroatoms. The lowest BCUT2D eigenvalue weighted by Crippen LogP contribution is -2.53. The zero-order valence-corrected chi connectivity index (χ0v) is 11.3. The highest BCUT2D eigenvalue weighted by Crippen LogP contribution is 2.16. The number of carbonyl (C=O) groups excluding carboxylic acids is 2.